The Morgan fingerprint density at radius 1 is 0.933 bits per heavy atom. The summed E-state index contributed by atoms with van der Waals surface area (Å²) in [6, 6.07) is 11.4. The van der Waals surface area contributed by atoms with Crippen molar-refractivity contribution >= 4 is 23.7 Å². The number of ether oxygens (including phenoxy) is 4. The molecule has 0 spiro atoms. The van der Waals surface area contributed by atoms with E-state index in [1.54, 1.807) is 42.5 Å². The number of nitrogens with zero attached hydrogens (tertiary/aromatic N) is 2. The molecule has 2 aromatic rings. The highest BCUT2D eigenvalue weighted by Gasteiger charge is 2.33. The maximum atomic E-state index is 12.1. The second kappa shape index (κ2) is 8.64. The van der Waals surface area contributed by atoms with Crippen molar-refractivity contribution in [3.63, 3.8) is 0 Å². The number of rotatable bonds is 5. The predicted molar refractivity (Wildman–Crippen MR) is 105 cm³/mol. The molecule has 0 fully saturated rings. The van der Waals surface area contributed by atoms with Crippen molar-refractivity contribution in [2.75, 3.05) is 7.11 Å². The number of benzene rings is 2. The van der Waals surface area contributed by atoms with Crippen molar-refractivity contribution in [1.29, 1.82) is 0 Å². The highest BCUT2D eigenvalue weighted by atomic mass is 16.6. The van der Waals surface area contributed by atoms with Gasteiger partial charge in [-0.05, 0) is 42.5 Å². The van der Waals surface area contributed by atoms with E-state index in [1.807, 2.05) is 0 Å². The number of amides is 1. The first kappa shape index (κ1) is 20.8. The van der Waals surface area contributed by atoms with E-state index in [4.69, 9.17) is 18.9 Å². The number of hydrazone groups is 1. The fraction of sp³-hybridized carbons (Fsp3) is 0.238. The molecule has 0 bridgehead atoms. The number of esters is 2. The van der Waals surface area contributed by atoms with Crippen molar-refractivity contribution in [1.82, 2.24) is 5.01 Å². The van der Waals surface area contributed by atoms with Gasteiger partial charge in [0.25, 0.3) is 0 Å². The normalized spacial score (nSPS) is 15.1. The second-order valence-electron chi connectivity index (χ2n) is 6.36. The van der Waals surface area contributed by atoms with E-state index in [1.165, 1.54) is 32.9 Å². The first-order valence-corrected chi connectivity index (χ1v) is 8.98. The largest absolute Gasteiger partial charge is 0.493 e. The predicted octanol–water partition coefficient (Wildman–Crippen LogP) is 2.78. The molecule has 0 radical (unpaired) electrons. The van der Waals surface area contributed by atoms with E-state index >= 15 is 0 Å². The second-order valence-corrected chi connectivity index (χ2v) is 6.36. The highest BCUT2D eigenvalue weighted by molar-refractivity contribution is 5.96. The summed E-state index contributed by atoms with van der Waals surface area (Å²) in [5.74, 6) is -0.0485. The summed E-state index contributed by atoms with van der Waals surface area (Å²) in [5, 5.41) is 5.48. The molecule has 9 nitrogen and oxygen atoms in total. The Labute approximate surface area is 172 Å². The van der Waals surface area contributed by atoms with E-state index in [0.717, 1.165) is 0 Å². The molecule has 0 N–H and O–H groups in total. The standard InChI is InChI=1S/C21H20N2O7/c1-12(24)23-21(16-7-10-18(29-14(3)26)19(11-16)27-4)30-20(22-23)15-5-8-17(9-6-15)28-13(2)25/h5-11,21H,1-4H3. The summed E-state index contributed by atoms with van der Waals surface area (Å²) in [7, 11) is 1.44. The molecule has 156 valence electrons. The van der Waals surface area contributed by atoms with Gasteiger partial charge in [0.15, 0.2) is 11.5 Å². The molecule has 3 rings (SSSR count). The van der Waals surface area contributed by atoms with Gasteiger partial charge in [-0.1, -0.05) is 0 Å². The maximum absolute atomic E-state index is 12.1. The molecule has 30 heavy (non-hydrogen) atoms. The lowest BCUT2D eigenvalue weighted by atomic mass is 10.1. The summed E-state index contributed by atoms with van der Waals surface area (Å²) >= 11 is 0. The first-order valence-electron chi connectivity index (χ1n) is 8.98. The summed E-state index contributed by atoms with van der Waals surface area (Å²) in [6.07, 6.45) is -0.828. The molecular weight excluding hydrogens is 392 g/mol. The van der Waals surface area contributed by atoms with Crippen LogP contribution in [0, 0.1) is 0 Å². The maximum Gasteiger partial charge on any atom is 0.308 e. The fourth-order valence-corrected chi connectivity index (χ4v) is 2.81. The SMILES string of the molecule is COc1cc(C2OC(c3ccc(OC(C)=O)cc3)=NN2C(C)=O)ccc1OC(C)=O. The van der Waals surface area contributed by atoms with Crippen molar-refractivity contribution in [2.45, 2.75) is 27.0 Å². The number of carbonyl (C=O) groups is 3. The summed E-state index contributed by atoms with van der Waals surface area (Å²) in [4.78, 5) is 34.4. The minimum absolute atomic E-state index is 0.229. The molecule has 1 aliphatic heterocycles. The van der Waals surface area contributed by atoms with Crippen LogP contribution in [0.4, 0.5) is 0 Å². The summed E-state index contributed by atoms with van der Waals surface area (Å²) < 4.78 is 21.3. The number of hydrogen-bond acceptors (Lipinski definition) is 8. The fourth-order valence-electron chi connectivity index (χ4n) is 2.81. The van der Waals surface area contributed by atoms with Gasteiger partial charge in [0.05, 0.1) is 7.11 Å². The van der Waals surface area contributed by atoms with E-state index in [2.05, 4.69) is 5.10 Å². The van der Waals surface area contributed by atoms with Crippen molar-refractivity contribution in [2.24, 2.45) is 5.10 Å². The zero-order valence-corrected chi connectivity index (χ0v) is 16.9. The van der Waals surface area contributed by atoms with Gasteiger partial charge in [0.2, 0.25) is 18.0 Å². The minimum atomic E-state index is -0.828. The summed E-state index contributed by atoms with van der Waals surface area (Å²) in [6.45, 7) is 3.98. The smallest absolute Gasteiger partial charge is 0.308 e. The van der Waals surface area contributed by atoms with Gasteiger partial charge in [-0.25, -0.2) is 0 Å². The zero-order chi connectivity index (χ0) is 21.8. The topological polar surface area (TPSA) is 104 Å². The molecular formula is C21H20N2O7. The number of hydrogen-bond donors (Lipinski definition) is 0. The van der Waals surface area contributed by atoms with E-state index in [9.17, 15) is 14.4 Å². The van der Waals surface area contributed by atoms with Crippen LogP contribution in [0.2, 0.25) is 0 Å². The third-order valence-corrected chi connectivity index (χ3v) is 4.06. The minimum Gasteiger partial charge on any atom is -0.493 e. The Morgan fingerprint density at radius 3 is 2.17 bits per heavy atom. The van der Waals surface area contributed by atoms with Crippen LogP contribution in [-0.4, -0.2) is 35.9 Å². The molecule has 1 heterocycles. The van der Waals surface area contributed by atoms with Crippen LogP contribution in [-0.2, 0) is 19.1 Å². The highest BCUT2D eigenvalue weighted by Crippen LogP contribution is 2.36. The van der Waals surface area contributed by atoms with Crippen molar-refractivity contribution in [3.05, 3.63) is 53.6 Å². The lowest BCUT2D eigenvalue weighted by molar-refractivity contribution is -0.135. The third kappa shape index (κ3) is 4.57. The molecule has 0 aromatic heterocycles. The van der Waals surface area contributed by atoms with Gasteiger partial charge in [-0.2, -0.15) is 5.01 Å². The van der Waals surface area contributed by atoms with Crippen molar-refractivity contribution in [3.8, 4) is 17.2 Å². The average Bonchev–Trinajstić information content (AvgIpc) is 3.14. The van der Waals surface area contributed by atoms with Crippen molar-refractivity contribution < 1.29 is 33.3 Å². The Hall–Kier alpha value is -3.88. The van der Waals surface area contributed by atoms with Gasteiger partial charge in [0, 0.05) is 31.9 Å². The van der Waals surface area contributed by atoms with Crippen LogP contribution in [0.3, 0.4) is 0 Å². The van der Waals surface area contributed by atoms with Gasteiger partial charge in [-0.15, -0.1) is 5.10 Å². The number of carbonyl (C=O) groups excluding carboxylic acids is 3. The van der Waals surface area contributed by atoms with Crippen LogP contribution >= 0.6 is 0 Å². The lowest BCUT2D eigenvalue weighted by Gasteiger charge is -2.20. The van der Waals surface area contributed by atoms with Gasteiger partial charge < -0.3 is 18.9 Å². The van der Waals surface area contributed by atoms with E-state index < -0.39 is 18.2 Å². The van der Waals surface area contributed by atoms with Crippen LogP contribution in [0.5, 0.6) is 17.2 Å². The third-order valence-electron chi connectivity index (χ3n) is 4.06. The molecule has 0 saturated heterocycles. The van der Waals surface area contributed by atoms with Gasteiger partial charge in [-0.3, -0.25) is 14.4 Å². The van der Waals surface area contributed by atoms with Crippen LogP contribution in [0.1, 0.15) is 38.1 Å². The molecule has 9 heteroatoms. The lowest BCUT2D eigenvalue weighted by Crippen LogP contribution is -2.25. The molecule has 1 unspecified atom stereocenters. The zero-order valence-electron chi connectivity index (χ0n) is 16.9. The molecule has 1 aliphatic rings. The quantitative estimate of drug-likeness (QED) is 0.549. The van der Waals surface area contributed by atoms with E-state index in [0.29, 0.717) is 22.6 Å². The van der Waals surface area contributed by atoms with Gasteiger partial charge >= 0.3 is 11.9 Å². The molecule has 2 aromatic carbocycles. The molecule has 1 amide bonds. The van der Waals surface area contributed by atoms with E-state index in [-0.39, 0.29) is 17.6 Å². The average molecular weight is 412 g/mol. The molecule has 1 atom stereocenters. The Balaban J connectivity index is 1.87. The van der Waals surface area contributed by atoms with Crippen LogP contribution in [0.15, 0.2) is 47.6 Å². The first-order chi connectivity index (χ1) is 14.3. The Bertz CT molecular complexity index is 1010. The van der Waals surface area contributed by atoms with Gasteiger partial charge in [0.1, 0.15) is 5.75 Å². The molecule has 0 saturated carbocycles. The molecule has 0 aliphatic carbocycles. The van der Waals surface area contributed by atoms with Crippen LogP contribution in [0.25, 0.3) is 0 Å². The summed E-state index contributed by atoms with van der Waals surface area (Å²) in [5.41, 5.74) is 1.18. The monoisotopic (exact) mass is 412 g/mol. The Kier molecular flexibility index (Phi) is 6.01. The van der Waals surface area contributed by atoms with Crippen LogP contribution < -0.4 is 14.2 Å². The Morgan fingerprint density at radius 2 is 1.60 bits per heavy atom. The number of methoxy groups -OCH3 is 1.